The van der Waals surface area contributed by atoms with Gasteiger partial charge < -0.3 is 10.3 Å². The maximum absolute atomic E-state index is 9.57. The number of hydrogen-bond acceptors (Lipinski definition) is 4. The van der Waals surface area contributed by atoms with Crippen LogP contribution in [0.15, 0.2) is 53.5 Å². The SMILES string of the molecule is Cc1cccc(Nc2[nH]nc(N=Cc3c(C)[nH]c4ccccc34)c2C#N)c1. The Hall–Kier alpha value is -3.85. The van der Waals surface area contributed by atoms with E-state index in [1.54, 1.807) is 6.21 Å². The highest BCUT2D eigenvalue weighted by atomic mass is 15.2. The Morgan fingerprint density at radius 2 is 2.00 bits per heavy atom. The van der Waals surface area contributed by atoms with Crippen LogP contribution in [0.5, 0.6) is 0 Å². The number of anilines is 2. The number of aliphatic imine (C=N–C) groups is 1. The zero-order valence-electron chi connectivity index (χ0n) is 15.0. The van der Waals surface area contributed by atoms with Crippen molar-refractivity contribution in [1.82, 2.24) is 15.2 Å². The molecule has 0 fully saturated rings. The number of aromatic nitrogens is 3. The third kappa shape index (κ3) is 3.18. The predicted molar refractivity (Wildman–Crippen MR) is 108 cm³/mol. The van der Waals surface area contributed by atoms with Gasteiger partial charge in [-0.3, -0.25) is 5.10 Å². The third-order valence-corrected chi connectivity index (χ3v) is 4.41. The maximum atomic E-state index is 9.57. The fraction of sp³-hybridized carbons (Fsp3) is 0.0952. The second-order valence-electron chi connectivity index (χ2n) is 6.37. The smallest absolute Gasteiger partial charge is 0.193 e. The Labute approximate surface area is 156 Å². The Balaban J connectivity index is 1.67. The molecule has 0 aliphatic heterocycles. The summed E-state index contributed by atoms with van der Waals surface area (Å²) in [4.78, 5) is 7.80. The number of H-pyrrole nitrogens is 2. The lowest BCUT2D eigenvalue weighted by molar-refractivity contribution is 1.09. The van der Waals surface area contributed by atoms with Gasteiger partial charge in [0.2, 0.25) is 0 Å². The van der Waals surface area contributed by atoms with Gasteiger partial charge in [-0.25, -0.2) is 4.99 Å². The lowest BCUT2D eigenvalue weighted by atomic mass is 10.1. The third-order valence-electron chi connectivity index (χ3n) is 4.41. The molecular formula is C21H18N6. The second kappa shape index (κ2) is 6.81. The van der Waals surface area contributed by atoms with Crippen LogP contribution in [0.3, 0.4) is 0 Å². The number of hydrogen-bond donors (Lipinski definition) is 3. The van der Waals surface area contributed by atoms with Crippen molar-refractivity contribution in [2.75, 3.05) is 5.32 Å². The molecule has 0 bridgehead atoms. The van der Waals surface area contributed by atoms with E-state index in [0.29, 0.717) is 17.2 Å². The van der Waals surface area contributed by atoms with Gasteiger partial charge in [-0.2, -0.15) is 10.4 Å². The van der Waals surface area contributed by atoms with Crippen molar-refractivity contribution >= 4 is 34.4 Å². The van der Waals surface area contributed by atoms with Crippen LogP contribution in [0.25, 0.3) is 10.9 Å². The van der Waals surface area contributed by atoms with E-state index in [1.165, 1.54) is 0 Å². The topological polar surface area (TPSA) is 92.7 Å². The Kier molecular flexibility index (Phi) is 4.19. The van der Waals surface area contributed by atoms with Gasteiger partial charge in [-0.05, 0) is 37.6 Å². The van der Waals surface area contributed by atoms with E-state index in [-0.39, 0.29) is 0 Å². The van der Waals surface area contributed by atoms with Gasteiger partial charge in [0.1, 0.15) is 17.5 Å². The molecule has 0 radical (unpaired) electrons. The standard InChI is InChI=1S/C21H18N6/c1-13-6-5-7-15(10-13)25-21-17(11-22)20(26-27-21)23-12-18-14(2)24-19-9-4-3-8-16(18)19/h3-10,12,24H,1-2H3,(H2,25,26,27). The Morgan fingerprint density at radius 3 is 2.81 bits per heavy atom. The summed E-state index contributed by atoms with van der Waals surface area (Å²) in [5, 5.41) is 20.9. The fourth-order valence-corrected chi connectivity index (χ4v) is 3.08. The van der Waals surface area contributed by atoms with Gasteiger partial charge in [0.15, 0.2) is 5.82 Å². The molecule has 27 heavy (non-hydrogen) atoms. The van der Waals surface area contributed by atoms with Crippen LogP contribution in [0.1, 0.15) is 22.4 Å². The van der Waals surface area contributed by atoms with Crippen LogP contribution in [0, 0.1) is 25.2 Å². The minimum absolute atomic E-state index is 0.359. The van der Waals surface area contributed by atoms with Crippen molar-refractivity contribution in [3.05, 3.63) is 70.9 Å². The van der Waals surface area contributed by atoms with Crippen LogP contribution >= 0.6 is 0 Å². The van der Waals surface area contributed by atoms with Gasteiger partial charge >= 0.3 is 0 Å². The van der Waals surface area contributed by atoms with Gasteiger partial charge in [-0.1, -0.05) is 30.3 Å². The Bertz CT molecular complexity index is 1190. The van der Waals surface area contributed by atoms with Gasteiger partial charge in [-0.15, -0.1) is 0 Å². The molecule has 0 amide bonds. The average molecular weight is 354 g/mol. The molecule has 2 heterocycles. The predicted octanol–water partition coefficient (Wildman–Crippen LogP) is 4.87. The van der Waals surface area contributed by atoms with Gasteiger partial charge in [0.25, 0.3) is 0 Å². The summed E-state index contributed by atoms with van der Waals surface area (Å²) in [6.45, 7) is 4.02. The average Bonchev–Trinajstić information content (AvgIpc) is 3.19. The number of aromatic amines is 2. The summed E-state index contributed by atoms with van der Waals surface area (Å²) in [6.07, 6.45) is 1.75. The molecule has 4 rings (SSSR count). The monoisotopic (exact) mass is 354 g/mol. The molecule has 6 nitrogen and oxygen atoms in total. The zero-order valence-corrected chi connectivity index (χ0v) is 15.0. The van der Waals surface area contributed by atoms with Gasteiger partial charge in [0.05, 0.1) is 0 Å². The van der Waals surface area contributed by atoms with Crippen LogP contribution in [0.2, 0.25) is 0 Å². The molecule has 4 aromatic rings. The summed E-state index contributed by atoms with van der Waals surface area (Å²) in [6, 6.07) is 18.1. The number of aryl methyl sites for hydroxylation is 2. The van der Waals surface area contributed by atoms with Crippen molar-refractivity contribution < 1.29 is 0 Å². The van der Waals surface area contributed by atoms with Crippen molar-refractivity contribution in [2.24, 2.45) is 4.99 Å². The van der Waals surface area contributed by atoms with E-state index in [4.69, 9.17) is 0 Å². The van der Waals surface area contributed by atoms with Crippen molar-refractivity contribution in [3.8, 4) is 6.07 Å². The highest BCUT2D eigenvalue weighted by Gasteiger charge is 2.13. The molecule has 0 spiro atoms. The van der Waals surface area contributed by atoms with Crippen LogP contribution in [-0.2, 0) is 0 Å². The first kappa shape index (κ1) is 16.6. The number of benzene rings is 2. The van der Waals surface area contributed by atoms with Crippen molar-refractivity contribution in [2.45, 2.75) is 13.8 Å². The highest BCUT2D eigenvalue weighted by molar-refractivity contribution is 6.01. The summed E-state index contributed by atoms with van der Waals surface area (Å²) >= 11 is 0. The van der Waals surface area contributed by atoms with E-state index in [1.807, 2.05) is 62.4 Å². The zero-order chi connectivity index (χ0) is 18.8. The number of nitrogens with one attached hydrogen (secondary N) is 3. The summed E-state index contributed by atoms with van der Waals surface area (Å²) < 4.78 is 0. The van der Waals surface area contributed by atoms with E-state index >= 15 is 0 Å². The minimum atomic E-state index is 0.359. The van der Waals surface area contributed by atoms with Crippen molar-refractivity contribution in [3.63, 3.8) is 0 Å². The number of nitrogens with zero attached hydrogens (tertiary/aromatic N) is 3. The van der Waals surface area contributed by atoms with E-state index in [2.05, 4.69) is 31.6 Å². The number of rotatable bonds is 4. The normalized spacial score (nSPS) is 11.1. The lowest BCUT2D eigenvalue weighted by Gasteiger charge is -2.04. The molecule has 132 valence electrons. The first-order valence-corrected chi connectivity index (χ1v) is 8.59. The maximum Gasteiger partial charge on any atom is 0.193 e. The quantitative estimate of drug-likeness (QED) is 0.456. The van der Waals surface area contributed by atoms with E-state index in [0.717, 1.165) is 33.4 Å². The van der Waals surface area contributed by atoms with Crippen LogP contribution in [0.4, 0.5) is 17.3 Å². The molecule has 0 atom stereocenters. The minimum Gasteiger partial charge on any atom is -0.358 e. The molecule has 0 aliphatic carbocycles. The number of fused-ring (bicyclic) bond motifs is 1. The van der Waals surface area contributed by atoms with Crippen molar-refractivity contribution in [1.29, 1.82) is 5.26 Å². The highest BCUT2D eigenvalue weighted by Crippen LogP contribution is 2.27. The molecule has 0 aliphatic rings. The molecule has 0 unspecified atom stereocenters. The molecule has 3 N–H and O–H groups in total. The van der Waals surface area contributed by atoms with E-state index < -0.39 is 0 Å². The molecule has 2 aromatic heterocycles. The van der Waals surface area contributed by atoms with Crippen LogP contribution in [-0.4, -0.2) is 21.4 Å². The largest absolute Gasteiger partial charge is 0.358 e. The fourth-order valence-electron chi connectivity index (χ4n) is 3.08. The summed E-state index contributed by atoms with van der Waals surface area (Å²) in [7, 11) is 0. The molecule has 0 saturated heterocycles. The summed E-state index contributed by atoms with van der Waals surface area (Å²) in [5.74, 6) is 0.892. The lowest BCUT2D eigenvalue weighted by Crippen LogP contribution is -1.93. The molecule has 6 heteroatoms. The first-order chi connectivity index (χ1) is 13.2. The van der Waals surface area contributed by atoms with Crippen LogP contribution < -0.4 is 5.32 Å². The number of para-hydroxylation sites is 1. The molecule has 2 aromatic carbocycles. The Morgan fingerprint density at radius 1 is 1.15 bits per heavy atom. The molecular weight excluding hydrogens is 336 g/mol. The number of nitriles is 1. The van der Waals surface area contributed by atoms with Gasteiger partial charge in [0, 0.05) is 34.1 Å². The second-order valence-corrected chi connectivity index (χ2v) is 6.37. The first-order valence-electron chi connectivity index (χ1n) is 8.59. The summed E-state index contributed by atoms with van der Waals surface area (Å²) in [5.41, 5.74) is 5.47. The molecule has 0 saturated carbocycles. The van der Waals surface area contributed by atoms with E-state index in [9.17, 15) is 5.26 Å².